The molecule has 2 nitrogen and oxygen atoms in total. The van der Waals surface area contributed by atoms with Gasteiger partial charge < -0.3 is 0 Å². The molecule has 0 amide bonds. The number of rotatable bonds is 4. The molecule has 192 valence electrons. The molecule has 0 aliphatic rings. The molecule has 2 heteroatoms. The number of fused-ring (bicyclic) bond motifs is 8. The maximum Gasteiger partial charge on any atom is 0.146 e. The minimum absolute atomic E-state index is 0.937. The lowest BCUT2D eigenvalue weighted by molar-refractivity contribution is 1.21. The molecule has 6 aromatic carbocycles. The average Bonchev–Trinajstić information content (AvgIpc) is 3.43. The van der Waals surface area contributed by atoms with E-state index in [1.807, 2.05) is 12.2 Å². The van der Waals surface area contributed by atoms with Gasteiger partial charge in [-0.3, -0.25) is 4.40 Å². The highest BCUT2D eigenvalue weighted by Gasteiger charge is 2.16. The lowest BCUT2D eigenvalue weighted by Crippen LogP contribution is -1.97. The first-order valence-electron chi connectivity index (χ1n) is 13.9. The molecule has 2 heterocycles. The van der Waals surface area contributed by atoms with Crippen LogP contribution in [0.3, 0.4) is 0 Å². The Bertz CT molecular complexity index is 2340. The summed E-state index contributed by atoms with van der Waals surface area (Å²) in [5, 5.41) is 7.35. The topological polar surface area (TPSA) is 17.3 Å². The molecule has 0 atom stereocenters. The Morgan fingerprint density at radius 3 is 1.93 bits per heavy atom. The zero-order valence-corrected chi connectivity index (χ0v) is 22.5. The van der Waals surface area contributed by atoms with Gasteiger partial charge >= 0.3 is 0 Å². The normalized spacial score (nSPS) is 11.6. The van der Waals surface area contributed by atoms with Crippen LogP contribution in [0.4, 0.5) is 0 Å². The Hall–Kier alpha value is -5.47. The SMILES string of the molecule is C=Cc1c(C=C)n2c3ccc(-c4ccc(-c5cc6ccccc6c6ccccc56)cc4)cc3nc2c2ccccc12. The van der Waals surface area contributed by atoms with Crippen molar-refractivity contribution in [2.75, 3.05) is 0 Å². The van der Waals surface area contributed by atoms with Gasteiger partial charge in [-0.2, -0.15) is 0 Å². The molecular weight excluding hydrogens is 496 g/mol. The molecule has 0 bridgehead atoms. The molecule has 0 radical (unpaired) electrons. The lowest BCUT2D eigenvalue weighted by Gasteiger charge is -2.12. The van der Waals surface area contributed by atoms with Crippen molar-refractivity contribution in [2.24, 2.45) is 0 Å². The second kappa shape index (κ2) is 9.04. The second-order valence-corrected chi connectivity index (χ2v) is 10.5. The largest absolute Gasteiger partial charge is 0.292 e. The number of aromatic nitrogens is 2. The average molecular weight is 523 g/mol. The summed E-state index contributed by atoms with van der Waals surface area (Å²) in [4.78, 5) is 5.12. The van der Waals surface area contributed by atoms with Gasteiger partial charge in [0.1, 0.15) is 5.65 Å². The van der Waals surface area contributed by atoms with Crippen molar-refractivity contribution in [2.45, 2.75) is 0 Å². The summed E-state index contributed by atoms with van der Waals surface area (Å²) in [6.45, 7) is 8.21. The summed E-state index contributed by atoms with van der Waals surface area (Å²) in [6, 6.07) is 43.5. The van der Waals surface area contributed by atoms with Gasteiger partial charge in [-0.05, 0) is 73.5 Å². The van der Waals surface area contributed by atoms with Crippen LogP contribution in [-0.4, -0.2) is 9.38 Å². The predicted octanol–water partition coefficient (Wildman–Crippen LogP) is 10.6. The smallest absolute Gasteiger partial charge is 0.146 e. The fourth-order valence-electron chi connectivity index (χ4n) is 6.41. The molecule has 8 rings (SSSR count). The Kier molecular flexibility index (Phi) is 5.16. The molecule has 0 aliphatic carbocycles. The first-order chi connectivity index (χ1) is 20.2. The molecule has 2 aromatic heterocycles. The number of benzene rings is 6. The molecule has 0 fully saturated rings. The summed E-state index contributed by atoms with van der Waals surface area (Å²) >= 11 is 0. The van der Waals surface area contributed by atoms with E-state index in [-0.39, 0.29) is 0 Å². The monoisotopic (exact) mass is 522 g/mol. The molecule has 0 unspecified atom stereocenters. The zero-order chi connectivity index (χ0) is 27.5. The van der Waals surface area contributed by atoms with Crippen LogP contribution in [0, 0.1) is 0 Å². The van der Waals surface area contributed by atoms with Crippen molar-refractivity contribution in [3.8, 4) is 22.3 Å². The summed E-state index contributed by atoms with van der Waals surface area (Å²) in [7, 11) is 0. The number of hydrogen-bond donors (Lipinski definition) is 0. The highest BCUT2D eigenvalue weighted by molar-refractivity contribution is 6.13. The third-order valence-electron chi connectivity index (χ3n) is 8.32. The number of pyridine rings is 1. The van der Waals surface area contributed by atoms with E-state index in [2.05, 4.69) is 139 Å². The van der Waals surface area contributed by atoms with E-state index in [0.29, 0.717) is 0 Å². The third kappa shape index (κ3) is 3.48. The molecular formula is C39H26N2. The summed E-state index contributed by atoms with van der Waals surface area (Å²) in [5.41, 5.74) is 9.81. The Balaban J connectivity index is 1.27. The Labute approximate surface area is 238 Å². The van der Waals surface area contributed by atoms with Crippen LogP contribution < -0.4 is 0 Å². The van der Waals surface area contributed by atoms with Crippen molar-refractivity contribution in [3.63, 3.8) is 0 Å². The van der Waals surface area contributed by atoms with Gasteiger partial charge in [0.2, 0.25) is 0 Å². The minimum atomic E-state index is 0.937. The first-order valence-corrected chi connectivity index (χ1v) is 13.9. The fourth-order valence-corrected chi connectivity index (χ4v) is 6.41. The van der Waals surface area contributed by atoms with E-state index in [4.69, 9.17) is 4.98 Å². The van der Waals surface area contributed by atoms with Crippen molar-refractivity contribution >= 4 is 61.1 Å². The molecule has 0 saturated carbocycles. The van der Waals surface area contributed by atoms with Crippen molar-refractivity contribution in [1.29, 1.82) is 0 Å². The van der Waals surface area contributed by atoms with Crippen LogP contribution in [0.25, 0.3) is 83.4 Å². The maximum absolute atomic E-state index is 5.12. The molecule has 41 heavy (non-hydrogen) atoms. The van der Waals surface area contributed by atoms with Gasteiger partial charge in [-0.25, -0.2) is 4.98 Å². The van der Waals surface area contributed by atoms with E-state index in [0.717, 1.165) is 44.3 Å². The van der Waals surface area contributed by atoms with Crippen LogP contribution >= 0.6 is 0 Å². The van der Waals surface area contributed by atoms with Crippen LogP contribution in [-0.2, 0) is 0 Å². The quantitative estimate of drug-likeness (QED) is 0.210. The lowest BCUT2D eigenvalue weighted by atomic mass is 9.92. The van der Waals surface area contributed by atoms with Crippen molar-refractivity contribution in [1.82, 2.24) is 9.38 Å². The zero-order valence-electron chi connectivity index (χ0n) is 22.5. The number of imidazole rings is 1. The second-order valence-electron chi connectivity index (χ2n) is 10.5. The first kappa shape index (κ1) is 23.4. The van der Waals surface area contributed by atoms with Crippen molar-refractivity contribution < 1.29 is 0 Å². The van der Waals surface area contributed by atoms with Crippen LogP contribution in [0.5, 0.6) is 0 Å². The highest BCUT2D eigenvalue weighted by atomic mass is 15.0. The van der Waals surface area contributed by atoms with Crippen LogP contribution in [0.2, 0.25) is 0 Å². The molecule has 0 N–H and O–H groups in total. The predicted molar refractivity (Wildman–Crippen MR) is 176 cm³/mol. The third-order valence-corrected chi connectivity index (χ3v) is 8.32. The van der Waals surface area contributed by atoms with E-state index in [1.165, 1.54) is 38.2 Å². The maximum atomic E-state index is 5.12. The van der Waals surface area contributed by atoms with Gasteiger partial charge in [-0.1, -0.05) is 122 Å². The highest BCUT2D eigenvalue weighted by Crippen LogP contribution is 2.37. The number of nitrogens with zero attached hydrogens (tertiary/aromatic N) is 2. The Morgan fingerprint density at radius 1 is 0.537 bits per heavy atom. The van der Waals surface area contributed by atoms with Gasteiger partial charge in [0.25, 0.3) is 0 Å². The van der Waals surface area contributed by atoms with E-state index < -0.39 is 0 Å². The fraction of sp³-hybridized carbons (Fsp3) is 0. The van der Waals surface area contributed by atoms with Gasteiger partial charge in [0, 0.05) is 10.9 Å². The van der Waals surface area contributed by atoms with E-state index in [1.54, 1.807) is 0 Å². The van der Waals surface area contributed by atoms with Gasteiger partial charge in [0.15, 0.2) is 0 Å². The standard InChI is InChI=1S/C39H26N2/c1-3-29-31-13-9-10-16-34(31)39-40-36-24-27(21-22-38(36)41(39)37(29)4-2)25-17-19-26(20-18-25)35-23-28-11-5-6-12-30(28)32-14-7-8-15-33(32)35/h3-24H,1-2H2. The summed E-state index contributed by atoms with van der Waals surface area (Å²) in [5.74, 6) is 0. The molecule has 0 spiro atoms. The van der Waals surface area contributed by atoms with E-state index >= 15 is 0 Å². The van der Waals surface area contributed by atoms with Gasteiger partial charge in [0.05, 0.1) is 16.7 Å². The summed E-state index contributed by atoms with van der Waals surface area (Å²) in [6.07, 6.45) is 3.82. The molecule has 0 aliphatic heterocycles. The molecule has 8 aromatic rings. The Morgan fingerprint density at radius 2 is 1.17 bits per heavy atom. The van der Waals surface area contributed by atoms with Crippen LogP contribution in [0.15, 0.2) is 134 Å². The minimum Gasteiger partial charge on any atom is -0.292 e. The molecule has 0 saturated heterocycles. The summed E-state index contributed by atoms with van der Waals surface area (Å²) < 4.78 is 2.21. The number of hydrogen-bond acceptors (Lipinski definition) is 1. The van der Waals surface area contributed by atoms with Gasteiger partial charge in [-0.15, -0.1) is 0 Å². The van der Waals surface area contributed by atoms with E-state index in [9.17, 15) is 0 Å². The van der Waals surface area contributed by atoms with Crippen molar-refractivity contribution in [3.05, 3.63) is 146 Å². The van der Waals surface area contributed by atoms with Crippen LogP contribution in [0.1, 0.15) is 11.3 Å².